The second-order valence-electron chi connectivity index (χ2n) is 11.4. The van der Waals surface area contributed by atoms with E-state index in [1.807, 2.05) is 74.5 Å². The summed E-state index contributed by atoms with van der Waals surface area (Å²) in [6.45, 7) is 7.13. The van der Waals surface area contributed by atoms with Crippen LogP contribution in [0.3, 0.4) is 0 Å². The quantitative estimate of drug-likeness (QED) is 0.378. The Balaban J connectivity index is 1.46. The van der Waals surface area contributed by atoms with Crippen molar-refractivity contribution in [2.75, 3.05) is 79.0 Å². The van der Waals surface area contributed by atoms with Crippen LogP contribution < -0.4 is 10.6 Å². The normalized spacial score (nSPS) is 16.9. The van der Waals surface area contributed by atoms with Gasteiger partial charge in [0.1, 0.15) is 25.3 Å². The van der Waals surface area contributed by atoms with E-state index in [4.69, 9.17) is 28.4 Å². The summed E-state index contributed by atoms with van der Waals surface area (Å²) in [6, 6.07) is 17.1. The van der Waals surface area contributed by atoms with E-state index in [2.05, 4.69) is 10.6 Å². The molecule has 14 heteroatoms. The number of hydrogen-bond acceptors (Lipinski definition) is 10. The van der Waals surface area contributed by atoms with E-state index in [1.165, 1.54) is 0 Å². The van der Waals surface area contributed by atoms with Gasteiger partial charge in [-0.05, 0) is 24.0 Å². The summed E-state index contributed by atoms with van der Waals surface area (Å²) in [5.41, 5.74) is 1.69. The lowest BCUT2D eigenvalue weighted by molar-refractivity contribution is -0.136. The highest BCUT2D eigenvalue weighted by atomic mass is 16.6. The molecule has 3 rings (SSSR count). The van der Waals surface area contributed by atoms with E-state index in [1.54, 1.807) is 9.80 Å². The minimum atomic E-state index is -0.768. The fraction of sp³-hybridized carbons (Fsp3) is 0.556. The number of rotatable bonds is 10. The number of ether oxygens (including phenoxy) is 6. The molecule has 276 valence electrons. The minimum Gasteiger partial charge on any atom is -0.445 e. The molecular formula is C36H52N4O10. The van der Waals surface area contributed by atoms with Crippen LogP contribution in [0.2, 0.25) is 0 Å². The average molecular weight is 701 g/mol. The van der Waals surface area contributed by atoms with Crippen LogP contribution in [-0.2, 0) is 51.2 Å². The Morgan fingerprint density at radius 2 is 0.880 bits per heavy atom. The molecule has 0 radical (unpaired) electrons. The summed E-state index contributed by atoms with van der Waals surface area (Å²) in [5, 5.41) is 5.36. The van der Waals surface area contributed by atoms with E-state index in [-0.39, 0.29) is 104 Å². The van der Waals surface area contributed by atoms with Crippen molar-refractivity contribution in [3.05, 3.63) is 71.8 Å². The molecule has 0 aliphatic carbocycles. The number of benzene rings is 2. The lowest BCUT2D eigenvalue weighted by Crippen LogP contribution is -2.50. The zero-order valence-electron chi connectivity index (χ0n) is 29.2. The Morgan fingerprint density at radius 1 is 0.560 bits per heavy atom. The topological polar surface area (TPSA) is 154 Å². The fourth-order valence-electron chi connectivity index (χ4n) is 4.94. The van der Waals surface area contributed by atoms with Gasteiger partial charge in [-0.25, -0.2) is 9.59 Å². The SMILES string of the molecule is CC[C@H](NC(=O)OCc1ccccc1)C(=O)N1CCOCCOCCN(C(=O)[C@H](CC)NC(=O)OCc2ccccc2)CCOCCOCC1. The zero-order chi connectivity index (χ0) is 35.8. The minimum absolute atomic E-state index is 0.101. The first-order valence-corrected chi connectivity index (χ1v) is 17.2. The second-order valence-corrected chi connectivity index (χ2v) is 11.4. The molecule has 14 nitrogen and oxygen atoms in total. The molecule has 1 saturated heterocycles. The molecule has 2 atom stereocenters. The highest BCUT2D eigenvalue weighted by molar-refractivity contribution is 5.86. The maximum absolute atomic E-state index is 13.4. The first-order valence-electron chi connectivity index (χ1n) is 17.2. The van der Waals surface area contributed by atoms with Crippen LogP contribution >= 0.6 is 0 Å². The van der Waals surface area contributed by atoms with E-state index in [0.717, 1.165) is 11.1 Å². The van der Waals surface area contributed by atoms with Gasteiger partial charge >= 0.3 is 12.2 Å². The number of alkyl carbamates (subject to hydrolysis) is 2. The highest BCUT2D eigenvalue weighted by Crippen LogP contribution is 2.06. The van der Waals surface area contributed by atoms with Gasteiger partial charge in [0.2, 0.25) is 11.8 Å². The molecule has 1 heterocycles. The van der Waals surface area contributed by atoms with Crippen molar-refractivity contribution in [2.24, 2.45) is 0 Å². The number of nitrogens with zero attached hydrogens (tertiary/aromatic N) is 2. The molecule has 2 N–H and O–H groups in total. The monoisotopic (exact) mass is 700 g/mol. The van der Waals surface area contributed by atoms with Crippen molar-refractivity contribution >= 4 is 24.0 Å². The van der Waals surface area contributed by atoms with Crippen molar-refractivity contribution in [1.29, 1.82) is 0 Å². The fourth-order valence-corrected chi connectivity index (χ4v) is 4.94. The number of carbonyl (C=O) groups is 4. The molecule has 2 aromatic carbocycles. The zero-order valence-corrected chi connectivity index (χ0v) is 29.2. The van der Waals surface area contributed by atoms with Gasteiger partial charge in [0.05, 0.1) is 52.9 Å². The Morgan fingerprint density at radius 3 is 1.18 bits per heavy atom. The third-order valence-electron chi connectivity index (χ3n) is 7.81. The van der Waals surface area contributed by atoms with Crippen LogP contribution in [0.15, 0.2) is 60.7 Å². The Hall–Kier alpha value is -4.24. The van der Waals surface area contributed by atoms with Gasteiger partial charge in [0.25, 0.3) is 0 Å². The molecular weight excluding hydrogens is 648 g/mol. The van der Waals surface area contributed by atoms with E-state index >= 15 is 0 Å². The summed E-state index contributed by atoms with van der Waals surface area (Å²) in [5.74, 6) is -0.514. The Kier molecular flexibility index (Phi) is 19.3. The van der Waals surface area contributed by atoms with Gasteiger partial charge in [-0.3, -0.25) is 9.59 Å². The maximum Gasteiger partial charge on any atom is 0.408 e. The van der Waals surface area contributed by atoms with Gasteiger partial charge in [0.15, 0.2) is 0 Å². The molecule has 1 aliphatic rings. The van der Waals surface area contributed by atoms with Crippen LogP contribution in [0.1, 0.15) is 37.8 Å². The van der Waals surface area contributed by atoms with E-state index in [0.29, 0.717) is 12.8 Å². The molecule has 0 unspecified atom stereocenters. The molecule has 0 bridgehead atoms. The van der Waals surface area contributed by atoms with Crippen LogP contribution in [0.5, 0.6) is 0 Å². The molecule has 1 aliphatic heterocycles. The number of carbonyl (C=O) groups excluding carboxylic acids is 4. The molecule has 0 aromatic heterocycles. The highest BCUT2D eigenvalue weighted by Gasteiger charge is 2.26. The smallest absolute Gasteiger partial charge is 0.408 e. The average Bonchev–Trinajstić information content (AvgIpc) is 3.14. The lowest BCUT2D eigenvalue weighted by atomic mass is 10.2. The molecule has 2 aromatic rings. The van der Waals surface area contributed by atoms with Crippen LogP contribution in [0, 0.1) is 0 Å². The summed E-state index contributed by atoms with van der Waals surface area (Å²) < 4.78 is 33.6. The molecule has 1 fully saturated rings. The van der Waals surface area contributed by atoms with Gasteiger partial charge in [-0.1, -0.05) is 74.5 Å². The molecule has 4 amide bonds. The number of amides is 4. The number of hydrogen-bond donors (Lipinski definition) is 2. The van der Waals surface area contributed by atoms with E-state index in [9.17, 15) is 19.2 Å². The van der Waals surface area contributed by atoms with E-state index < -0.39 is 24.3 Å². The number of nitrogens with one attached hydrogen (secondary N) is 2. The third-order valence-corrected chi connectivity index (χ3v) is 7.81. The van der Waals surface area contributed by atoms with Crippen LogP contribution in [-0.4, -0.2) is 125 Å². The summed E-state index contributed by atoms with van der Waals surface area (Å²) >= 11 is 0. The van der Waals surface area contributed by atoms with Crippen molar-refractivity contribution in [1.82, 2.24) is 20.4 Å². The molecule has 0 spiro atoms. The Labute approximate surface area is 294 Å². The van der Waals surface area contributed by atoms with Gasteiger partial charge in [0, 0.05) is 26.2 Å². The van der Waals surface area contributed by atoms with Gasteiger partial charge in [-0.15, -0.1) is 0 Å². The standard InChI is InChI=1S/C36H52N4O10/c1-3-31(37-35(43)49-27-29-11-7-5-8-12-29)33(41)39-15-19-45-23-25-47-21-17-40(18-22-48-26-24-46-20-16-39)34(42)32(4-2)38-36(44)50-28-30-13-9-6-10-14-30/h5-14,31-32H,3-4,15-28H2,1-2H3,(H,37,43)(H,38,44)/t31-,32-/m0/s1. The second kappa shape index (κ2) is 24.0. The summed E-state index contributed by atoms with van der Waals surface area (Å²) in [4.78, 5) is 54.9. The summed E-state index contributed by atoms with van der Waals surface area (Å²) in [6.07, 6.45) is -0.571. The predicted molar refractivity (Wildman–Crippen MR) is 184 cm³/mol. The van der Waals surface area contributed by atoms with Crippen LogP contribution in [0.4, 0.5) is 9.59 Å². The van der Waals surface area contributed by atoms with Gasteiger partial charge in [-0.2, -0.15) is 0 Å². The molecule has 0 saturated carbocycles. The molecule has 50 heavy (non-hydrogen) atoms. The lowest BCUT2D eigenvalue weighted by Gasteiger charge is -2.28. The van der Waals surface area contributed by atoms with Gasteiger partial charge < -0.3 is 48.9 Å². The largest absolute Gasteiger partial charge is 0.445 e. The first kappa shape index (κ1) is 40.2. The maximum atomic E-state index is 13.4. The van der Waals surface area contributed by atoms with Crippen molar-refractivity contribution in [2.45, 2.75) is 52.0 Å². The predicted octanol–water partition coefficient (Wildman–Crippen LogP) is 3.13. The van der Waals surface area contributed by atoms with Crippen molar-refractivity contribution in [3.63, 3.8) is 0 Å². The first-order chi connectivity index (χ1) is 24.4. The Bertz CT molecular complexity index is 1150. The van der Waals surface area contributed by atoms with Crippen molar-refractivity contribution < 1.29 is 47.6 Å². The van der Waals surface area contributed by atoms with Crippen LogP contribution in [0.25, 0.3) is 0 Å². The van der Waals surface area contributed by atoms with Crippen molar-refractivity contribution in [3.8, 4) is 0 Å². The summed E-state index contributed by atoms with van der Waals surface area (Å²) in [7, 11) is 0. The third kappa shape index (κ3) is 15.5.